The molecule has 1 aliphatic heterocycles. The van der Waals surface area contributed by atoms with Gasteiger partial charge in [0.25, 0.3) is 0 Å². The first-order valence-corrected chi connectivity index (χ1v) is 5.60. The Morgan fingerprint density at radius 3 is 2.89 bits per heavy atom. The summed E-state index contributed by atoms with van der Waals surface area (Å²) in [6.07, 6.45) is -0.230. The Morgan fingerprint density at radius 2 is 2.33 bits per heavy atom. The number of nitrogens with one attached hydrogen (secondary N) is 1. The molecule has 1 aromatic carbocycles. The Kier molecular flexibility index (Phi) is 3.69. The molecule has 1 atom stereocenters. The summed E-state index contributed by atoms with van der Waals surface area (Å²) < 4.78 is 10.5. The van der Waals surface area contributed by atoms with Crippen LogP contribution in [-0.2, 0) is 4.74 Å². The molecule has 1 aromatic rings. The molecule has 0 aliphatic carbocycles. The fraction of sp³-hybridized carbons (Fsp3) is 0.417. The quantitative estimate of drug-likeness (QED) is 0.737. The molecule has 98 valence electrons. The van der Waals surface area contributed by atoms with Crippen LogP contribution in [0.3, 0.4) is 0 Å². The van der Waals surface area contributed by atoms with Crippen molar-refractivity contribution in [3.05, 3.63) is 23.3 Å². The van der Waals surface area contributed by atoms with Crippen LogP contribution in [0.5, 0.6) is 11.5 Å². The number of hydrogen-bond donors (Lipinski definition) is 3. The molecule has 2 rings (SSSR count). The zero-order valence-corrected chi connectivity index (χ0v) is 9.97. The Hall–Kier alpha value is -1.79. The Bertz CT molecular complexity index is 454. The minimum Gasteiger partial charge on any atom is -0.504 e. The lowest BCUT2D eigenvalue weighted by molar-refractivity contribution is 0.0274. The van der Waals surface area contributed by atoms with Gasteiger partial charge >= 0.3 is 5.97 Å². The van der Waals surface area contributed by atoms with Gasteiger partial charge in [0.2, 0.25) is 0 Å². The summed E-state index contributed by atoms with van der Waals surface area (Å²) >= 11 is 0. The van der Waals surface area contributed by atoms with Crippen LogP contribution >= 0.6 is 0 Å². The van der Waals surface area contributed by atoms with Crippen LogP contribution in [-0.4, -0.2) is 43.0 Å². The molecule has 0 saturated carbocycles. The second-order valence-electron chi connectivity index (χ2n) is 3.99. The number of carbonyl (C=O) groups is 1. The lowest BCUT2D eigenvalue weighted by atomic mass is 10.0. The summed E-state index contributed by atoms with van der Waals surface area (Å²) in [5.41, 5.74) is 0.493. The highest BCUT2D eigenvalue weighted by Gasteiger charge is 2.22. The molecule has 1 unspecified atom stereocenters. The molecule has 0 spiro atoms. The van der Waals surface area contributed by atoms with E-state index in [0.29, 0.717) is 18.7 Å². The van der Waals surface area contributed by atoms with Gasteiger partial charge in [-0.25, -0.2) is 4.79 Å². The van der Waals surface area contributed by atoms with Crippen molar-refractivity contribution in [1.82, 2.24) is 5.32 Å². The molecule has 1 aliphatic rings. The molecular formula is C12H15NO5. The Labute approximate surface area is 104 Å². The van der Waals surface area contributed by atoms with Crippen molar-refractivity contribution in [2.45, 2.75) is 6.10 Å². The summed E-state index contributed by atoms with van der Waals surface area (Å²) in [5, 5.41) is 21.9. The first kappa shape index (κ1) is 12.7. The number of carboxylic acid groups (broad SMARTS) is 1. The maximum atomic E-state index is 11.1. The maximum Gasteiger partial charge on any atom is 0.339 e. The largest absolute Gasteiger partial charge is 0.504 e. The van der Waals surface area contributed by atoms with Gasteiger partial charge in [0, 0.05) is 13.1 Å². The van der Waals surface area contributed by atoms with E-state index in [9.17, 15) is 9.90 Å². The summed E-state index contributed by atoms with van der Waals surface area (Å²) in [7, 11) is 1.38. The lowest BCUT2D eigenvalue weighted by Gasteiger charge is -2.24. The van der Waals surface area contributed by atoms with Gasteiger partial charge in [0.15, 0.2) is 11.5 Å². The first-order valence-electron chi connectivity index (χ1n) is 5.60. The fourth-order valence-corrected chi connectivity index (χ4v) is 1.91. The normalized spacial score (nSPS) is 19.5. The van der Waals surface area contributed by atoms with Crippen LogP contribution in [0.1, 0.15) is 22.0 Å². The van der Waals surface area contributed by atoms with Gasteiger partial charge in [0.05, 0.1) is 19.8 Å². The summed E-state index contributed by atoms with van der Waals surface area (Å²) in [4.78, 5) is 11.1. The van der Waals surface area contributed by atoms with E-state index in [1.807, 2.05) is 0 Å². The van der Waals surface area contributed by atoms with Gasteiger partial charge in [-0.1, -0.05) is 0 Å². The van der Waals surface area contributed by atoms with E-state index in [0.717, 1.165) is 6.54 Å². The second kappa shape index (κ2) is 5.24. The standard InChI is InChI=1S/C12H15NO5/c1-17-9-5-7(10-6-13-2-3-18-10)4-8(11(9)14)12(15)16/h4-5,10,13-14H,2-3,6H2,1H3,(H,15,16). The number of hydrogen-bond acceptors (Lipinski definition) is 5. The van der Waals surface area contributed by atoms with Crippen molar-refractivity contribution < 1.29 is 24.5 Å². The zero-order chi connectivity index (χ0) is 13.1. The van der Waals surface area contributed by atoms with Gasteiger partial charge in [0.1, 0.15) is 5.56 Å². The van der Waals surface area contributed by atoms with E-state index in [1.54, 1.807) is 6.07 Å². The van der Waals surface area contributed by atoms with E-state index >= 15 is 0 Å². The first-order chi connectivity index (χ1) is 8.63. The predicted octanol–water partition coefficient (Wildman–Crippen LogP) is 0.760. The number of methoxy groups -OCH3 is 1. The third-order valence-corrected chi connectivity index (χ3v) is 2.85. The van der Waals surface area contributed by atoms with E-state index < -0.39 is 5.97 Å². The number of rotatable bonds is 3. The van der Waals surface area contributed by atoms with Crippen molar-refractivity contribution in [1.29, 1.82) is 0 Å². The molecule has 3 N–H and O–H groups in total. The fourth-order valence-electron chi connectivity index (χ4n) is 1.91. The molecule has 6 heteroatoms. The molecule has 18 heavy (non-hydrogen) atoms. The lowest BCUT2D eigenvalue weighted by Crippen LogP contribution is -2.33. The number of morpholine rings is 1. The molecule has 0 bridgehead atoms. The second-order valence-corrected chi connectivity index (χ2v) is 3.99. The SMILES string of the molecule is COc1cc(C2CNCCO2)cc(C(=O)O)c1O. The van der Waals surface area contributed by atoms with Crippen LogP contribution in [0.25, 0.3) is 0 Å². The van der Waals surface area contributed by atoms with Crippen molar-refractivity contribution in [2.75, 3.05) is 26.8 Å². The highest BCUT2D eigenvalue weighted by atomic mass is 16.5. The summed E-state index contributed by atoms with van der Waals surface area (Å²) in [5.74, 6) is -1.42. The van der Waals surface area contributed by atoms with Crippen LogP contribution in [0.4, 0.5) is 0 Å². The van der Waals surface area contributed by atoms with Crippen molar-refractivity contribution >= 4 is 5.97 Å². The third kappa shape index (κ3) is 2.39. The minimum absolute atomic E-state index is 0.138. The molecule has 0 amide bonds. The zero-order valence-electron chi connectivity index (χ0n) is 9.97. The van der Waals surface area contributed by atoms with Crippen LogP contribution in [0.2, 0.25) is 0 Å². The molecule has 0 radical (unpaired) electrons. The van der Waals surface area contributed by atoms with Gasteiger partial charge in [-0.05, 0) is 17.7 Å². The predicted molar refractivity (Wildman–Crippen MR) is 63.2 cm³/mol. The van der Waals surface area contributed by atoms with Gasteiger partial charge in [-0.3, -0.25) is 0 Å². The van der Waals surface area contributed by atoms with Crippen LogP contribution in [0, 0.1) is 0 Å². The summed E-state index contributed by atoms with van der Waals surface area (Å²) in [6, 6.07) is 3.01. The molecule has 0 aromatic heterocycles. The van der Waals surface area contributed by atoms with Crippen LogP contribution < -0.4 is 10.1 Å². The highest BCUT2D eigenvalue weighted by Crippen LogP contribution is 2.34. The molecular weight excluding hydrogens is 238 g/mol. The minimum atomic E-state index is -1.20. The number of ether oxygens (including phenoxy) is 2. The average molecular weight is 253 g/mol. The van der Waals surface area contributed by atoms with Gasteiger partial charge in [-0.2, -0.15) is 0 Å². The Balaban J connectivity index is 2.41. The highest BCUT2D eigenvalue weighted by molar-refractivity contribution is 5.92. The van der Waals surface area contributed by atoms with Gasteiger partial charge < -0.3 is 25.0 Å². The molecule has 1 heterocycles. The number of carboxylic acids is 1. The number of aromatic hydroxyl groups is 1. The number of phenols is 1. The van der Waals surface area contributed by atoms with E-state index in [-0.39, 0.29) is 23.2 Å². The monoisotopic (exact) mass is 253 g/mol. The van der Waals surface area contributed by atoms with Crippen molar-refractivity contribution in [3.8, 4) is 11.5 Å². The molecule has 6 nitrogen and oxygen atoms in total. The maximum absolute atomic E-state index is 11.1. The Morgan fingerprint density at radius 1 is 1.56 bits per heavy atom. The van der Waals surface area contributed by atoms with Crippen LogP contribution in [0.15, 0.2) is 12.1 Å². The van der Waals surface area contributed by atoms with Crippen molar-refractivity contribution in [3.63, 3.8) is 0 Å². The number of aromatic carboxylic acids is 1. The molecule has 1 fully saturated rings. The van der Waals surface area contributed by atoms with Crippen molar-refractivity contribution in [2.24, 2.45) is 0 Å². The van der Waals surface area contributed by atoms with E-state index in [2.05, 4.69) is 5.32 Å². The average Bonchev–Trinajstić information content (AvgIpc) is 2.39. The van der Waals surface area contributed by atoms with E-state index in [1.165, 1.54) is 13.2 Å². The topological polar surface area (TPSA) is 88.0 Å². The summed E-state index contributed by atoms with van der Waals surface area (Å²) in [6.45, 7) is 1.95. The molecule has 1 saturated heterocycles. The number of benzene rings is 1. The van der Waals surface area contributed by atoms with E-state index in [4.69, 9.17) is 14.6 Å². The smallest absolute Gasteiger partial charge is 0.339 e. The van der Waals surface area contributed by atoms with Gasteiger partial charge in [-0.15, -0.1) is 0 Å². The third-order valence-electron chi connectivity index (χ3n) is 2.85.